The number of hydrogen-bond donors (Lipinski definition) is 1. The van der Waals surface area contributed by atoms with Crippen LogP contribution in [0, 0.1) is 0 Å². The molecule has 4 heteroatoms. The highest BCUT2D eigenvalue weighted by Crippen LogP contribution is 2.34. The Bertz CT molecular complexity index is 417. The molecule has 0 bridgehead atoms. The highest BCUT2D eigenvalue weighted by molar-refractivity contribution is 7.13. The van der Waals surface area contributed by atoms with E-state index in [-0.39, 0.29) is 0 Å². The average Bonchev–Trinajstić information content (AvgIpc) is 2.70. The molecule has 74 valence electrons. The molecule has 0 radical (unpaired) electrons. The van der Waals surface area contributed by atoms with Gasteiger partial charge in [-0.25, -0.2) is 0 Å². The molecule has 2 N–H and O–H groups in total. The quantitative estimate of drug-likeness (QED) is 0.825. The van der Waals surface area contributed by atoms with Gasteiger partial charge in [-0.05, 0) is 17.4 Å². The van der Waals surface area contributed by atoms with Crippen molar-refractivity contribution < 1.29 is 4.52 Å². The van der Waals surface area contributed by atoms with Crippen molar-refractivity contribution in [2.75, 3.05) is 5.73 Å². The zero-order valence-corrected chi connectivity index (χ0v) is 8.97. The SMILES string of the molecule is CC(C)c1c(-c2cccs2)noc1N. The molecule has 0 aliphatic heterocycles. The van der Waals surface area contributed by atoms with Crippen LogP contribution in [0.5, 0.6) is 0 Å². The Kier molecular flexibility index (Phi) is 2.29. The molecule has 0 aliphatic rings. The van der Waals surface area contributed by atoms with Gasteiger partial charge in [-0.1, -0.05) is 25.1 Å². The van der Waals surface area contributed by atoms with E-state index in [1.165, 1.54) is 0 Å². The molecular formula is C10H12N2OS. The van der Waals surface area contributed by atoms with Crippen LogP contribution in [-0.4, -0.2) is 5.16 Å². The zero-order valence-electron chi connectivity index (χ0n) is 8.15. The molecule has 2 rings (SSSR count). The lowest BCUT2D eigenvalue weighted by molar-refractivity contribution is 0.438. The van der Waals surface area contributed by atoms with Gasteiger partial charge in [0.25, 0.3) is 0 Å². The number of aromatic nitrogens is 1. The molecule has 2 heterocycles. The third-order valence-corrected chi connectivity index (χ3v) is 2.96. The summed E-state index contributed by atoms with van der Waals surface area (Å²) in [7, 11) is 0. The lowest BCUT2D eigenvalue weighted by Gasteiger charge is -2.02. The van der Waals surface area contributed by atoms with Gasteiger partial charge < -0.3 is 10.3 Å². The van der Waals surface area contributed by atoms with Crippen LogP contribution in [-0.2, 0) is 0 Å². The number of nitrogens with zero attached hydrogens (tertiary/aromatic N) is 1. The molecule has 0 spiro atoms. The summed E-state index contributed by atoms with van der Waals surface area (Å²) in [5.41, 5.74) is 7.61. The third-order valence-electron chi connectivity index (χ3n) is 2.09. The zero-order chi connectivity index (χ0) is 10.1. The molecule has 0 saturated heterocycles. The predicted molar refractivity (Wildman–Crippen MR) is 58.3 cm³/mol. The van der Waals surface area contributed by atoms with Crippen molar-refractivity contribution in [1.29, 1.82) is 0 Å². The second kappa shape index (κ2) is 3.46. The summed E-state index contributed by atoms with van der Waals surface area (Å²) >= 11 is 1.64. The Morgan fingerprint density at radius 3 is 2.86 bits per heavy atom. The van der Waals surface area contributed by atoms with Gasteiger partial charge in [-0.2, -0.15) is 0 Å². The monoisotopic (exact) mass is 208 g/mol. The van der Waals surface area contributed by atoms with E-state index >= 15 is 0 Å². The van der Waals surface area contributed by atoms with Crippen molar-refractivity contribution in [1.82, 2.24) is 5.16 Å². The summed E-state index contributed by atoms with van der Waals surface area (Å²) in [5.74, 6) is 0.766. The fourth-order valence-corrected chi connectivity index (χ4v) is 2.18. The standard InChI is InChI=1S/C10H12N2OS/c1-6(2)8-9(12-13-10(8)11)7-4-3-5-14-7/h3-6H,11H2,1-2H3. The fourth-order valence-electron chi connectivity index (χ4n) is 1.46. The van der Waals surface area contributed by atoms with Gasteiger partial charge in [0.1, 0.15) is 5.69 Å². The van der Waals surface area contributed by atoms with Crippen LogP contribution in [0.25, 0.3) is 10.6 Å². The Hall–Kier alpha value is -1.29. The maximum atomic E-state index is 5.72. The van der Waals surface area contributed by atoms with E-state index in [9.17, 15) is 0 Å². The van der Waals surface area contributed by atoms with Crippen molar-refractivity contribution >= 4 is 17.2 Å². The summed E-state index contributed by atoms with van der Waals surface area (Å²) < 4.78 is 5.02. The fraction of sp³-hybridized carbons (Fsp3) is 0.300. The highest BCUT2D eigenvalue weighted by Gasteiger charge is 2.18. The average molecular weight is 208 g/mol. The first-order valence-electron chi connectivity index (χ1n) is 4.49. The van der Waals surface area contributed by atoms with E-state index in [4.69, 9.17) is 10.3 Å². The van der Waals surface area contributed by atoms with Gasteiger partial charge in [0.05, 0.1) is 4.88 Å². The summed E-state index contributed by atoms with van der Waals surface area (Å²) in [6.07, 6.45) is 0. The first kappa shape index (κ1) is 9.27. The molecule has 0 aromatic carbocycles. The number of rotatable bonds is 2. The van der Waals surface area contributed by atoms with Gasteiger partial charge in [0.15, 0.2) is 0 Å². The topological polar surface area (TPSA) is 52.0 Å². The van der Waals surface area contributed by atoms with Gasteiger partial charge in [-0.3, -0.25) is 0 Å². The maximum absolute atomic E-state index is 5.72. The van der Waals surface area contributed by atoms with Crippen LogP contribution in [0.3, 0.4) is 0 Å². The molecule has 3 nitrogen and oxygen atoms in total. The van der Waals surface area contributed by atoms with Crippen LogP contribution in [0.2, 0.25) is 0 Å². The van der Waals surface area contributed by atoms with Crippen LogP contribution < -0.4 is 5.73 Å². The van der Waals surface area contributed by atoms with Gasteiger partial charge in [-0.15, -0.1) is 11.3 Å². The molecule has 0 aliphatic carbocycles. The molecule has 0 fully saturated rings. The molecule has 14 heavy (non-hydrogen) atoms. The van der Waals surface area contributed by atoms with Crippen molar-refractivity contribution in [3.05, 3.63) is 23.1 Å². The first-order chi connectivity index (χ1) is 6.70. The summed E-state index contributed by atoms with van der Waals surface area (Å²) in [5, 5.41) is 6.01. The Morgan fingerprint density at radius 2 is 2.29 bits per heavy atom. The van der Waals surface area contributed by atoms with Crippen molar-refractivity contribution in [2.45, 2.75) is 19.8 Å². The van der Waals surface area contributed by atoms with E-state index in [1.54, 1.807) is 11.3 Å². The maximum Gasteiger partial charge on any atom is 0.226 e. The number of nitrogens with two attached hydrogens (primary N) is 1. The molecular weight excluding hydrogens is 196 g/mol. The molecule has 0 amide bonds. The van der Waals surface area contributed by atoms with E-state index in [1.807, 2.05) is 17.5 Å². The van der Waals surface area contributed by atoms with Crippen molar-refractivity contribution in [3.63, 3.8) is 0 Å². The van der Waals surface area contributed by atoms with E-state index in [0.717, 1.165) is 16.1 Å². The Labute approximate surface area is 86.5 Å². The molecule has 0 unspecified atom stereocenters. The Morgan fingerprint density at radius 1 is 1.50 bits per heavy atom. The van der Waals surface area contributed by atoms with Crippen molar-refractivity contribution in [2.24, 2.45) is 0 Å². The lowest BCUT2D eigenvalue weighted by atomic mass is 10.0. The van der Waals surface area contributed by atoms with Crippen molar-refractivity contribution in [3.8, 4) is 10.6 Å². The van der Waals surface area contributed by atoms with Gasteiger partial charge in [0, 0.05) is 5.56 Å². The molecule has 2 aromatic heterocycles. The highest BCUT2D eigenvalue weighted by atomic mass is 32.1. The number of anilines is 1. The summed E-state index contributed by atoms with van der Waals surface area (Å²) in [6.45, 7) is 4.17. The van der Waals surface area contributed by atoms with E-state index in [2.05, 4.69) is 19.0 Å². The number of thiophene rings is 1. The Balaban J connectivity index is 2.54. The minimum Gasteiger partial charge on any atom is -0.367 e. The minimum absolute atomic E-state index is 0.332. The number of nitrogen functional groups attached to an aromatic ring is 1. The number of hydrogen-bond acceptors (Lipinski definition) is 4. The largest absolute Gasteiger partial charge is 0.367 e. The minimum atomic E-state index is 0.332. The second-order valence-electron chi connectivity index (χ2n) is 3.44. The van der Waals surface area contributed by atoms with Gasteiger partial charge in [0.2, 0.25) is 5.88 Å². The molecule has 2 aromatic rings. The predicted octanol–water partition coefficient (Wildman–Crippen LogP) is 3.11. The third kappa shape index (κ3) is 1.42. The van der Waals surface area contributed by atoms with E-state index < -0.39 is 0 Å². The van der Waals surface area contributed by atoms with E-state index in [0.29, 0.717) is 11.8 Å². The van der Waals surface area contributed by atoms with Gasteiger partial charge >= 0.3 is 0 Å². The normalized spacial score (nSPS) is 11.1. The molecule has 0 saturated carbocycles. The lowest BCUT2D eigenvalue weighted by Crippen LogP contribution is -1.93. The molecule has 0 atom stereocenters. The summed E-state index contributed by atoms with van der Waals surface area (Å²) in [4.78, 5) is 1.11. The second-order valence-corrected chi connectivity index (χ2v) is 4.39. The van der Waals surface area contributed by atoms with Crippen LogP contribution in [0.15, 0.2) is 22.0 Å². The van der Waals surface area contributed by atoms with Crippen LogP contribution >= 0.6 is 11.3 Å². The van der Waals surface area contributed by atoms with Crippen LogP contribution in [0.4, 0.5) is 5.88 Å². The van der Waals surface area contributed by atoms with Crippen LogP contribution in [0.1, 0.15) is 25.3 Å². The first-order valence-corrected chi connectivity index (χ1v) is 5.37. The smallest absolute Gasteiger partial charge is 0.226 e. The summed E-state index contributed by atoms with van der Waals surface area (Å²) in [6, 6.07) is 4.02.